The molecule has 0 saturated carbocycles. The van der Waals surface area contributed by atoms with Crippen LogP contribution in [0.15, 0.2) is 12.7 Å². The molecule has 0 aromatic carbocycles. The van der Waals surface area contributed by atoms with E-state index >= 15 is 0 Å². The van der Waals surface area contributed by atoms with Crippen LogP contribution in [-0.4, -0.2) is 54.2 Å². The summed E-state index contributed by atoms with van der Waals surface area (Å²) in [5, 5.41) is 0. The van der Waals surface area contributed by atoms with Crippen LogP contribution in [0.5, 0.6) is 0 Å². The fourth-order valence-electron chi connectivity index (χ4n) is 1.85. The Morgan fingerprint density at radius 2 is 2.00 bits per heavy atom. The van der Waals surface area contributed by atoms with E-state index in [1.165, 1.54) is 0 Å². The fourth-order valence-corrected chi connectivity index (χ4v) is 1.85. The highest BCUT2D eigenvalue weighted by molar-refractivity contribution is 5.68. The van der Waals surface area contributed by atoms with Crippen LogP contribution in [0.1, 0.15) is 27.2 Å². The van der Waals surface area contributed by atoms with E-state index in [1.54, 1.807) is 4.90 Å². The highest BCUT2D eigenvalue weighted by Crippen LogP contribution is 2.11. The second-order valence-corrected chi connectivity index (χ2v) is 5.41. The van der Waals surface area contributed by atoms with Gasteiger partial charge < -0.3 is 9.64 Å². The lowest BCUT2D eigenvalue weighted by atomic mass is 10.2. The van der Waals surface area contributed by atoms with Crippen LogP contribution in [0.4, 0.5) is 4.79 Å². The Labute approximate surface area is 104 Å². The van der Waals surface area contributed by atoms with E-state index in [-0.39, 0.29) is 6.09 Å². The van der Waals surface area contributed by atoms with E-state index < -0.39 is 5.60 Å². The predicted molar refractivity (Wildman–Crippen MR) is 69.1 cm³/mol. The Morgan fingerprint density at radius 3 is 2.59 bits per heavy atom. The van der Waals surface area contributed by atoms with E-state index in [2.05, 4.69) is 11.5 Å². The van der Waals surface area contributed by atoms with E-state index in [0.29, 0.717) is 0 Å². The molecule has 4 nitrogen and oxygen atoms in total. The van der Waals surface area contributed by atoms with Crippen LogP contribution in [0.2, 0.25) is 0 Å². The molecule has 1 aliphatic rings. The fraction of sp³-hybridized carbons (Fsp3) is 0.769. The average Bonchev–Trinajstić information content (AvgIpc) is 2.41. The number of nitrogens with zero attached hydrogens (tertiary/aromatic N) is 2. The minimum Gasteiger partial charge on any atom is -0.444 e. The summed E-state index contributed by atoms with van der Waals surface area (Å²) in [6, 6.07) is 0. The van der Waals surface area contributed by atoms with Crippen molar-refractivity contribution in [2.75, 3.05) is 32.7 Å². The van der Waals surface area contributed by atoms with E-state index in [9.17, 15) is 4.79 Å². The first kappa shape index (κ1) is 14.0. The van der Waals surface area contributed by atoms with Gasteiger partial charge in [0.15, 0.2) is 0 Å². The number of rotatable bonds is 2. The topological polar surface area (TPSA) is 32.8 Å². The van der Waals surface area contributed by atoms with Gasteiger partial charge in [-0.15, -0.1) is 6.58 Å². The minimum absolute atomic E-state index is 0.196. The molecule has 0 aromatic heterocycles. The first-order chi connectivity index (χ1) is 7.92. The maximum absolute atomic E-state index is 11.9. The molecule has 0 N–H and O–H groups in total. The quantitative estimate of drug-likeness (QED) is 0.693. The Balaban J connectivity index is 2.45. The molecule has 17 heavy (non-hydrogen) atoms. The summed E-state index contributed by atoms with van der Waals surface area (Å²) in [5.41, 5.74) is -0.413. The third-order valence-electron chi connectivity index (χ3n) is 2.63. The van der Waals surface area contributed by atoms with Crippen molar-refractivity contribution >= 4 is 6.09 Å². The van der Waals surface area contributed by atoms with Gasteiger partial charge >= 0.3 is 6.09 Å². The lowest BCUT2D eigenvalue weighted by molar-refractivity contribution is 0.0258. The number of carbonyl (C=O) groups excluding carboxylic acids is 1. The third kappa shape index (κ3) is 5.22. The summed E-state index contributed by atoms with van der Waals surface area (Å²) >= 11 is 0. The highest BCUT2D eigenvalue weighted by Gasteiger charge is 2.23. The zero-order valence-corrected chi connectivity index (χ0v) is 11.2. The van der Waals surface area contributed by atoms with Crippen molar-refractivity contribution in [3.63, 3.8) is 0 Å². The zero-order chi connectivity index (χ0) is 12.9. The smallest absolute Gasteiger partial charge is 0.410 e. The molecule has 0 unspecified atom stereocenters. The molecular formula is C13H24N2O2. The summed E-state index contributed by atoms with van der Waals surface area (Å²) in [4.78, 5) is 16.0. The molecule has 4 heteroatoms. The monoisotopic (exact) mass is 240 g/mol. The first-order valence-corrected chi connectivity index (χ1v) is 6.23. The average molecular weight is 240 g/mol. The van der Waals surface area contributed by atoms with Crippen molar-refractivity contribution in [1.29, 1.82) is 0 Å². The predicted octanol–water partition coefficient (Wildman–Crippen LogP) is 2.12. The van der Waals surface area contributed by atoms with Gasteiger partial charge in [-0.1, -0.05) is 6.08 Å². The van der Waals surface area contributed by atoms with Gasteiger partial charge in [0.05, 0.1) is 0 Å². The first-order valence-electron chi connectivity index (χ1n) is 6.23. The SMILES string of the molecule is C=CCN1CCCN(C(=O)OC(C)(C)C)CC1. The van der Waals surface area contributed by atoms with Gasteiger partial charge in [0.2, 0.25) is 0 Å². The lowest BCUT2D eigenvalue weighted by Crippen LogP contribution is -2.39. The van der Waals surface area contributed by atoms with Gasteiger partial charge in [-0.25, -0.2) is 4.79 Å². The molecule has 1 fully saturated rings. The number of carbonyl (C=O) groups is 1. The van der Waals surface area contributed by atoms with Gasteiger partial charge in [0.1, 0.15) is 5.60 Å². The van der Waals surface area contributed by atoms with Crippen LogP contribution < -0.4 is 0 Å². The maximum atomic E-state index is 11.9. The Morgan fingerprint density at radius 1 is 1.29 bits per heavy atom. The Hall–Kier alpha value is -1.03. The summed E-state index contributed by atoms with van der Waals surface area (Å²) in [7, 11) is 0. The van der Waals surface area contributed by atoms with Crippen LogP contribution in [0.25, 0.3) is 0 Å². The molecule has 98 valence electrons. The molecule has 0 atom stereocenters. The van der Waals surface area contributed by atoms with Crippen molar-refractivity contribution in [2.24, 2.45) is 0 Å². The number of hydrogen-bond acceptors (Lipinski definition) is 3. The Bertz CT molecular complexity index is 271. The molecule has 0 radical (unpaired) electrons. The van der Waals surface area contributed by atoms with E-state index in [4.69, 9.17) is 4.74 Å². The van der Waals surface area contributed by atoms with Gasteiger partial charge in [0, 0.05) is 32.7 Å². The van der Waals surface area contributed by atoms with Gasteiger partial charge in [-0.2, -0.15) is 0 Å². The van der Waals surface area contributed by atoms with E-state index in [0.717, 1.165) is 39.1 Å². The molecule has 0 bridgehead atoms. The second kappa shape index (κ2) is 6.05. The van der Waals surface area contributed by atoms with E-state index in [1.807, 2.05) is 26.8 Å². The zero-order valence-electron chi connectivity index (χ0n) is 11.2. The third-order valence-corrected chi connectivity index (χ3v) is 2.63. The summed E-state index contributed by atoms with van der Waals surface area (Å²) in [5.74, 6) is 0. The largest absolute Gasteiger partial charge is 0.444 e. The van der Waals surface area contributed by atoms with Crippen LogP contribution >= 0.6 is 0 Å². The number of ether oxygens (including phenoxy) is 1. The molecule has 1 amide bonds. The van der Waals surface area contributed by atoms with Crippen molar-refractivity contribution < 1.29 is 9.53 Å². The highest BCUT2D eigenvalue weighted by atomic mass is 16.6. The molecular weight excluding hydrogens is 216 g/mol. The van der Waals surface area contributed by atoms with Gasteiger partial charge in [-0.3, -0.25) is 4.90 Å². The van der Waals surface area contributed by atoms with Crippen molar-refractivity contribution in [1.82, 2.24) is 9.80 Å². The van der Waals surface area contributed by atoms with Crippen LogP contribution in [0, 0.1) is 0 Å². The molecule has 0 aliphatic carbocycles. The van der Waals surface area contributed by atoms with Crippen LogP contribution in [0.3, 0.4) is 0 Å². The van der Waals surface area contributed by atoms with Crippen molar-refractivity contribution in [2.45, 2.75) is 32.8 Å². The number of amides is 1. The van der Waals surface area contributed by atoms with Crippen molar-refractivity contribution in [3.05, 3.63) is 12.7 Å². The standard InChI is InChI=1S/C13H24N2O2/c1-5-7-14-8-6-9-15(11-10-14)12(16)17-13(2,3)4/h5H,1,6-11H2,2-4H3. The Kier molecular flexibility index (Phi) is 5.00. The van der Waals surface area contributed by atoms with Crippen LogP contribution in [-0.2, 0) is 4.74 Å². The molecule has 1 saturated heterocycles. The summed E-state index contributed by atoms with van der Waals surface area (Å²) in [6.07, 6.45) is 2.70. The minimum atomic E-state index is -0.413. The maximum Gasteiger partial charge on any atom is 0.410 e. The number of hydrogen-bond donors (Lipinski definition) is 0. The molecule has 1 rings (SSSR count). The second-order valence-electron chi connectivity index (χ2n) is 5.41. The molecule has 1 aliphatic heterocycles. The molecule has 0 spiro atoms. The van der Waals surface area contributed by atoms with Crippen molar-refractivity contribution in [3.8, 4) is 0 Å². The van der Waals surface area contributed by atoms with Gasteiger partial charge in [0.25, 0.3) is 0 Å². The lowest BCUT2D eigenvalue weighted by Gasteiger charge is -2.26. The summed E-state index contributed by atoms with van der Waals surface area (Å²) in [6.45, 7) is 13.8. The normalized spacial score (nSPS) is 18.6. The summed E-state index contributed by atoms with van der Waals surface area (Å²) < 4.78 is 5.38. The molecule has 0 aromatic rings. The molecule has 1 heterocycles. The van der Waals surface area contributed by atoms with Gasteiger partial charge in [-0.05, 0) is 27.2 Å².